The van der Waals surface area contributed by atoms with E-state index in [4.69, 9.17) is 12.2 Å². The Morgan fingerprint density at radius 1 is 1.35 bits per heavy atom. The molecule has 8 heteroatoms. The lowest BCUT2D eigenvalue weighted by molar-refractivity contribution is -0.384. The molecule has 0 spiro atoms. The van der Waals surface area contributed by atoms with Crippen molar-refractivity contribution in [3.8, 4) is 5.75 Å². The molecule has 3 N–H and O–H groups in total. The number of benzene rings is 2. The van der Waals surface area contributed by atoms with Gasteiger partial charge in [-0.15, -0.1) is 0 Å². The van der Waals surface area contributed by atoms with Crippen molar-refractivity contribution in [1.29, 1.82) is 0 Å². The first-order chi connectivity index (χ1) is 11.0. The molecule has 23 heavy (non-hydrogen) atoms. The third-order valence-electron chi connectivity index (χ3n) is 2.98. The number of anilines is 1. The van der Waals surface area contributed by atoms with Crippen LogP contribution in [0, 0.1) is 17.0 Å². The summed E-state index contributed by atoms with van der Waals surface area (Å²) in [5.41, 5.74) is 4.54. The SMILES string of the molecule is Cc1ccccc1NC(=S)N/N=C/c1cc([N+](=O)[O-])ccc1O. The normalized spacial score (nSPS) is 10.5. The Morgan fingerprint density at radius 2 is 2.09 bits per heavy atom. The highest BCUT2D eigenvalue weighted by atomic mass is 32.1. The Bertz CT molecular complexity index is 777. The van der Waals surface area contributed by atoms with Crippen molar-refractivity contribution in [2.45, 2.75) is 6.92 Å². The van der Waals surface area contributed by atoms with Crippen LogP contribution in [0.15, 0.2) is 47.6 Å². The maximum atomic E-state index is 10.7. The van der Waals surface area contributed by atoms with E-state index in [2.05, 4.69) is 15.8 Å². The van der Waals surface area contributed by atoms with Crippen LogP contribution in [0.2, 0.25) is 0 Å². The molecule has 0 saturated heterocycles. The van der Waals surface area contributed by atoms with Gasteiger partial charge < -0.3 is 10.4 Å². The second-order valence-corrected chi connectivity index (χ2v) is 5.05. The van der Waals surface area contributed by atoms with Crippen molar-refractivity contribution < 1.29 is 10.0 Å². The van der Waals surface area contributed by atoms with Crippen LogP contribution < -0.4 is 10.7 Å². The number of phenols is 1. The summed E-state index contributed by atoms with van der Waals surface area (Å²) in [4.78, 5) is 10.2. The Labute approximate surface area is 137 Å². The summed E-state index contributed by atoms with van der Waals surface area (Å²) in [5.74, 6) is -0.112. The maximum absolute atomic E-state index is 10.7. The fourth-order valence-corrected chi connectivity index (χ4v) is 1.95. The highest BCUT2D eigenvalue weighted by molar-refractivity contribution is 7.80. The lowest BCUT2D eigenvalue weighted by atomic mass is 10.2. The molecule has 0 bridgehead atoms. The third kappa shape index (κ3) is 4.48. The summed E-state index contributed by atoms with van der Waals surface area (Å²) in [6.07, 6.45) is 1.26. The second kappa shape index (κ2) is 7.32. The Kier molecular flexibility index (Phi) is 5.21. The smallest absolute Gasteiger partial charge is 0.270 e. The zero-order valence-corrected chi connectivity index (χ0v) is 13.0. The molecular weight excluding hydrogens is 316 g/mol. The van der Waals surface area contributed by atoms with Crippen LogP contribution in [0.5, 0.6) is 5.75 Å². The second-order valence-electron chi connectivity index (χ2n) is 4.64. The predicted molar refractivity (Wildman–Crippen MR) is 92.9 cm³/mol. The monoisotopic (exact) mass is 330 g/mol. The molecule has 0 aliphatic carbocycles. The number of nitrogens with zero attached hydrogens (tertiary/aromatic N) is 2. The standard InChI is InChI=1S/C15H14N4O3S/c1-10-4-2-3-5-13(10)17-15(23)18-16-9-11-8-12(19(21)22)6-7-14(11)20/h2-9,20H,1H3,(H2,17,18,23)/b16-9+. The first kappa shape index (κ1) is 16.4. The lowest BCUT2D eigenvalue weighted by Gasteiger charge is -2.09. The topological polar surface area (TPSA) is 99.8 Å². The highest BCUT2D eigenvalue weighted by Gasteiger charge is 2.08. The summed E-state index contributed by atoms with van der Waals surface area (Å²) < 4.78 is 0. The largest absolute Gasteiger partial charge is 0.507 e. The molecule has 0 aliphatic rings. The number of rotatable bonds is 4. The Morgan fingerprint density at radius 3 is 2.78 bits per heavy atom. The van der Waals surface area contributed by atoms with Gasteiger partial charge in [0.25, 0.3) is 5.69 Å². The van der Waals surface area contributed by atoms with Gasteiger partial charge in [-0.25, -0.2) is 0 Å². The van der Waals surface area contributed by atoms with Crippen LogP contribution in [0.1, 0.15) is 11.1 Å². The van der Waals surface area contributed by atoms with Crippen LogP contribution in [0.25, 0.3) is 0 Å². The minimum Gasteiger partial charge on any atom is -0.507 e. The van der Waals surface area contributed by atoms with Crippen LogP contribution in [0.4, 0.5) is 11.4 Å². The molecule has 0 saturated carbocycles. The van der Waals surface area contributed by atoms with E-state index >= 15 is 0 Å². The molecule has 0 atom stereocenters. The highest BCUT2D eigenvalue weighted by Crippen LogP contribution is 2.21. The number of hydrogen-bond acceptors (Lipinski definition) is 5. The van der Waals surface area contributed by atoms with E-state index in [1.807, 2.05) is 31.2 Å². The van der Waals surface area contributed by atoms with E-state index in [0.29, 0.717) is 0 Å². The van der Waals surface area contributed by atoms with Crippen LogP contribution in [-0.4, -0.2) is 21.4 Å². The van der Waals surface area contributed by atoms with Gasteiger partial charge in [-0.05, 0) is 36.8 Å². The maximum Gasteiger partial charge on any atom is 0.270 e. The van der Waals surface area contributed by atoms with Crippen LogP contribution >= 0.6 is 12.2 Å². The number of non-ortho nitro benzene ring substituents is 1. The number of nitrogens with one attached hydrogen (secondary N) is 2. The van der Waals surface area contributed by atoms with Gasteiger partial charge in [0.15, 0.2) is 5.11 Å². The van der Waals surface area contributed by atoms with Crippen molar-refractivity contribution in [1.82, 2.24) is 5.43 Å². The van der Waals surface area contributed by atoms with Crippen molar-refractivity contribution in [3.63, 3.8) is 0 Å². The van der Waals surface area contributed by atoms with Gasteiger partial charge in [0, 0.05) is 23.4 Å². The van der Waals surface area contributed by atoms with Crippen molar-refractivity contribution in [3.05, 3.63) is 63.7 Å². The molecule has 0 radical (unpaired) electrons. The fourth-order valence-electron chi connectivity index (χ4n) is 1.78. The summed E-state index contributed by atoms with van der Waals surface area (Å²) >= 11 is 5.10. The zero-order chi connectivity index (χ0) is 16.8. The van der Waals surface area contributed by atoms with Crippen LogP contribution in [-0.2, 0) is 0 Å². The number of nitro groups is 1. The van der Waals surface area contributed by atoms with E-state index in [0.717, 1.165) is 11.3 Å². The average molecular weight is 330 g/mol. The zero-order valence-electron chi connectivity index (χ0n) is 12.2. The van der Waals surface area contributed by atoms with Gasteiger partial charge in [0.1, 0.15) is 5.75 Å². The van der Waals surface area contributed by atoms with Gasteiger partial charge in [0.05, 0.1) is 11.1 Å². The number of hydrazone groups is 1. The number of aryl methyl sites for hydroxylation is 1. The molecule has 118 valence electrons. The van der Waals surface area contributed by atoms with Gasteiger partial charge in [0.2, 0.25) is 0 Å². The lowest BCUT2D eigenvalue weighted by Crippen LogP contribution is -2.24. The van der Waals surface area contributed by atoms with Crippen molar-refractivity contribution >= 4 is 34.9 Å². The summed E-state index contributed by atoms with van der Waals surface area (Å²) in [6, 6.07) is 11.3. The molecular formula is C15H14N4O3S. The molecule has 0 heterocycles. The number of hydrogen-bond donors (Lipinski definition) is 3. The van der Waals surface area contributed by atoms with Gasteiger partial charge in [-0.3, -0.25) is 15.5 Å². The molecule has 2 rings (SSSR count). The van der Waals surface area contributed by atoms with E-state index in [-0.39, 0.29) is 22.1 Å². The van der Waals surface area contributed by atoms with E-state index in [1.165, 1.54) is 24.4 Å². The molecule has 0 amide bonds. The number of phenolic OH excluding ortho intramolecular Hbond substituents is 1. The van der Waals surface area contributed by atoms with Gasteiger partial charge >= 0.3 is 0 Å². The molecule has 0 fully saturated rings. The number of nitro benzene ring substituents is 1. The summed E-state index contributed by atoms with van der Waals surface area (Å²) in [7, 11) is 0. The van der Waals surface area contributed by atoms with E-state index in [9.17, 15) is 15.2 Å². The van der Waals surface area contributed by atoms with E-state index < -0.39 is 4.92 Å². The van der Waals surface area contributed by atoms with E-state index in [1.54, 1.807) is 0 Å². The predicted octanol–water partition coefficient (Wildman–Crippen LogP) is 2.93. The number of para-hydroxylation sites is 1. The molecule has 2 aromatic rings. The third-order valence-corrected chi connectivity index (χ3v) is 3.18. The molecule has 0 aliphatic heterocycles. The molecule has 2 aromatic carbocycles. The van der Waals surface area contributed by atoms with Gasteiger partial charge in [-0.2, -0.15) is 5.10 Å². The Balaban J connectivity index is 2.01. The van der Waals surface area contributed by atoms with Crippen LogP contribution in [0.3, 0.4) is 0 Å². The first-order valence-electron chi connectivity index (χ1n) is 6.60. The first-order valence-corrected chi connectivity index (χ1v) is 7.01. The van der Waals surface area contributed by atoms with Crippen molar-refractivity contribution in [2.24, 2.45) is 5.10 Å². The fraction of sp³-hybridized carbons (Fsp3) is 0.0667. The quantitative estimate of drug-likeness (QED) is 0.345. The number of aromatic hydroxyl groups is 1. The Hall–Kier alpha value is -3.00. The average Bonchev–Trinajstić information content (AvgIpc) is 2.51. The van der Waals surface area contributed by atoms with Gasteiger partial charge in [-0.1, -0.05) is 18.2 Å². The molecule has 0 aromatic heterocycles. The number of thiocarbonyl (C=S) groups is 1. The summed E-state index contributed by atoms with van der Waals surface area (Å²) in [5, 5.41) is 27.5. The molecule has 7 nitrogen and oxygen atoms in total. The minimum absolute atomic E-state index is 0.112. The van der Waals surface area contributed by atoms with Crippen molar-refractivity contribution in [2.75, 3.05) is 5.32 Å². The molecule has 0 unspecified atom stereocenters. The summed E-state index contributed by atoms with van der Waals surface area (Å²) in [6.45, 7) is 1.94. The minimum atomic E-state index is -0.547.